The molecule has 1 amide bonds. The Bertz CT molecular complexity index is 234. The molecule has 2 unspecified atom stereocenters. The molecule has 2 rings (SSSR count). The monoisotopic (exact) mass is 240 g/mol. The first-order chi connectivity index (χ1) is 8.34. The van der Waals surface area contributed by atoms with Crippen LogP contribution in [0.15, 0.2) is 0 Å². The van der Waals surface area contributed by atoms with E-state index in [2.05, 4.69) is 10.6 Å². The van der Waals surface area contributed by atoms with Crippen molar-refractivity contribution in [1.29, 1.82) is 0 Å². The first kappa shape index (κ1) is 12.8. The zero-order chi connectivity index (χ0) is 11.9. The van der Waals surface area contributed by atoms with Gasteiger partial charge >= 0.3 is 0 Å². The fraction of sp³-hybridized carbons (Fsp3) is 0.923. The van der Waals surface area contributed by atoms with E-state index in [0.717, 1.165) is 45.4 Å². The highest BCUT2D eigenvalue weighted by atomic mass is 16.5. The van der Waals surface area contributed by atoms with Crippen molar-refractivity contribution < 1.29 is 9.53 Å². The smallest absolute Gasteiger partial charge is 0.220 e. The van der Waals surface area contributed by atoms with Gasteiger partial charge in [0.1, 0.15) is 0 Å². The molecular weight excluding hydrogens is 216 g/mol. The Morgan fingerprint density at radius 3 is 2.94 bits per heavy atom. The topological polar surface area (TPSA) is 50.4 Å². The van der Waals surface area contributed by atoms with E-state index in [4.69, 9.17) is 4.74 Å². The second kappa shape index (κ2) is 6.97. The average Bonchev–Trinajstić information content (AvgIpc) is 2.99. The van der Waals surface area contributed by atoms with E-state index in [1.54, 1.807) is 0 Å². The van der Waals surface area contributed by atoms with Crippen LogP contribution in [-0.2, 0) is 9.53 Å². The zero-order valence-corrected chi connectivity index (χ0v) is 10.5. The molecule has 2 N–H and O–H groups in total. The normalized spacial score (nSPS) is 28.5. The molecule has 0 spiro atoms. The Balaban J connectivity index is 1.48. The summed E-state index contributed by atoms with van der Waals surface area (Å²) in [5, 5.41) is 6.43. The van der Waals surface area contributed by atoms with Crippen LogP contribution in [0.25, 0.3) is 0 Å². The van der Waals surface area contributed by atoms with Gasteiger partial charge in [0, 0.05) is 25.6 Å². The minimum Gasteiger partial charge on any atom is -0.378 e. The zero-order valence-electron chi connectivity index (χ0n) is 10.5. The van der Waals surface area contributed by atoms with Gasteiger partial charge in [-0.1, -0.05) is 0 Å². The number of ether oxygens (including phenoxy) is 1. The number of hydrogen-bond acceptors (Lipinski definition) is 3. The van der Waals surface area contributed by atoms with Gasteiger partial charge in [0.15, 0.2) is 0 Å². The number of hydrogen-bond donors (Lipinski definition) is 2. The maximum absolute atomic E-state index is 11.6. The van der Waals surface area contributed by atoms with E-state index in [9.17, 15) is 4.79 Å². The summed E-state index contributed by atoms with van der Waals surface area (Å²) in [4.78, 5) is 11.6. The molecule has 4 heteroatoms. The third kappa shape index (κ3) is 4.64. The largest absolute Gasteiger partial charge is 0.378 e. The van der Waals surface area contributed by atoms with Gasteiger partial charge in [-0.2, -0.15) is 0 Å². The van der Waals surface area contributed by atoms with E-state index in [1.165, 1.54) is 12.8 Å². The van der Waals surface area contributed by atoms with Gasteiger partial charge in [-0.15, -0.1) is 0 Å². The fourth-order valence-electron chi connectivity index (χ4n) is 2.64. The van der Waals surface area contributed by atoms with Crippen LogP contribution in [0, 0.1) is 0 Å². The summed E-state index contributed by atoms with van der Waals surface area (Å²) in [7, 11) is 0. The van der Waals surface area contributed by atoms with Gasteiger partial charge in [0.05, 0.1) is 6.10 Å². The highest BCUT2D eigenvalue weighted by Gasteiger charge is 2.17. The minimum absolute atomic E-state index is 0.179. The van der Waals surface area contributed by atoms with E-state index in [0.29, 0.717) is 18.6 Å². The minimum atomic E-state index is 0.179. The molecule has 17 heavy (non-hydrogen) atoms. The SMILES string of the molecule is O=C(CCC1CCCO1)NCCC1CCCN1. The number of carbonyl (C=O) groups excluding carboxylic acids is 1. The summed E-state index contributed by atoms with van der Waals surface area (Å²) >= 11 is 0. The van der Waals surface area contributed by atoms with Crippen LogP contribution in [0.1, 0.15) is 44.9 Å². The molecule has 0 radical (unpaired) electrons. The van der Waals surface area contributed by atoms with Gasteiger partial charge in [0.25, 0.3) is 0 Å². The third-order valence-electron chi connectivity index (χ3n) is 3.69. The summed E-state index contributed by atoms with van der Waals surface area (Å²) in [6.07, 6.45) is 7.70. The second-order valence-corrected chi connectivity index (χ2v) is 5.11. The fourth-order valence-corrected chi connectivity index (χ4v) is 2.64. The Morgan fingerprint density at radius 1 is 1.29 bits per heavy atom. The van der Waals surface area contributed by atoms with E-state index >= 15 is 0 Å². The summed E-state index contributed by atoms with van der Waals surface area (Å²) in [6, 6.07) is 0.619. The molecule has 2 heterocycles. The van der Waals surface area contributed by atoms with E-state index < -0.39 is 0 Å². The van der Waals surface area contributed by atoms with Gasteiger partial charge in [0.2, 0.25) is 5.91 Å². The van der Waals surface area contributed by atoms with Crippen LogP contribution in [0.4, 0.5) is 0 Å². The molecule has 2 fully saturated rings. The van der Waals surface area contributed by atoms with Crippen LogP contribution in [0.5, 0.6) is 0 Å². The van der Waals surface area contributed by atoms with Gasteiger partial charge in [-0.3, -0.25) is 4.79 Å². The van der Waals surface area contributed by atoms with Crippen molar-refractivity contribution in [2.75, 3.05) is 19.7 Å². The molecule has 0 aromatic heterocycles. The predicted molar refractivity (Wildman–Crippen MR) is 66.9 cm³/mol. The Morgan fingerprint density at radius 2 is 2.24 bits per heavy atom. The molecule has 0 aromatic rings. The van der Waals surface area contributed by atoms with E-state index in [-0.39, 0.29) is 5.91 Å². The predicted octanol–water partition coefficient (Wildman–Crippen LogP) is 1.20. The van der Waals surface area contributed by atoms with Crippen LogP contribution < -0.4 is 10.6 Å². The number of nitrogens with one attached hydrogen (secondary N) is 2. The van der Waals surface area contributed by atoms with Crippen LogP contribution in [0.3, 0.4) is 0 Å². The first-order valence-corrected chi connectivity index (χ1v) is 6.96. The van der Waals surface area contributed by atoms with Crippen LogP contribution in [0.2, 0.25) is 0 Å². The molecule has 0 aliphatic carbocycles. The summed E-state index contributed by atoms with van der Waals surface area (Å²) in [5.74, 6) is 0.179. The summed E-state index contributed by atoms with van der Waals surface area (Å²) in [6.45, 7) is 2.82. The summed E-state index contributed by atoms with van der Waals surface area (Å²) < 4.78 is 5.50. The highest BCUT2D eigenvalue weighted by Crippen LogP contribution is 2.16. The highest BCUT2D eigenvalue weighted by molar-refractivity contribution is 5.75. The molecule has 2 saturated heterocycles. The molecule has 2 aliphatic heterocycles. The summed E-state index contributed by atoms with van der Waals surface area (Å²) in [5.41, 5.74) is 0. The maximum Gasteiger partial charge on any atom is 0.220 e. The standard InChI is InChI=1S/C13H24N2O2/c16-13(6-5-12-4-2-10-17-12)15-9-7-11-3-1-8-14-11/h11-12,14H,1-10H2,(H,15,16). The van der Waals surface area contributed by atoms with Crippen LogP contribution >= 0.6 is 0 Å². The van der Waals surface area contributed by atoms with Crippen molar-refractivity contribution in [3.63, 3.8) is 0 Å². The van der Waals surface area contributed by atoms with Crippen molar-refractivity contribution in [3.8, 4) is 0 Å². The molecular formula is C13H24N2O2. The lowest BCUT2D eigenvalue weighted by Gasteiger charge is -2.12. The lowest BCUT2D eigenvalue weighted by atomic mass is 10.1. The van der Waals surface area contributed by atoms with Crippen molar-refractivity contribution in [3.05, 3.63) is 0 Å². The van der Waals surface area contributed by atoms with Crippen molar-refractivity contribution >= 4 is 5.91 Å². The Kier molecular flexibility index (Phi) is 5.26. The lowest BCUT2D eigenvalue weighted by molar-refractivity contribution is -0.121. The number of rotatable bonds is 6. The Hall–Kier alpha value is -0.610. The maximum atomic E-state index is 11.6. The van der Waals surface area contributed by atoms with Gasteiger partial charge in [-0.25, -0.2) is 0 Å². The van der Waals surface area contributed by atoms with E-state index in [1.807, 2.05) is 0 Å². The molecule has 98 valence electrons. The van der Waals surface area contributed by atoms with Gasteiger partial charge < -0.3 is 15.4 Å². The number of carbonyl (C=O) groups is 1. The molecule has 0 aromatic carbocycles. The first-order valence-electron chi connectivity index (χ1n) is 6.96. The Labute approximate surface area is 103 Å². The molecule has 0 bridgehead atoms. The van der Waals surface area contributed by atoms with Gasteiger partial charge in [-0.05, 0) is 45.1 Å². The van der Waals surface area contributed by atoms with Crippen LogP contribution in [-0.4, -0.2) is 37.7 Å². The lowest BCUT2D eigenvalue weighted by Crippen LogP contribution is -2.30. The number of amides is 1. The quantitative estimate of drug-likeness (QED) is 0.733. The van der Waals surface area contributed by atoms with Crippen molar-refractivity contribution in [2.45, 2.75) is 57.1 Å². The van der Waals surface area contributed by atoms with Crippen molar-refractivity contribution in [2.24, 2.45) is 0 Å². The average molecular weight is 240 g/mol. The molecule has 2 aliphatic rings. The molecule has 4 nitrogen and oxygen atoms in total. The molecule has 2 atom stereocenters. The molecule has 0 saturated carbocycles. The third-order valence-corrected chi connectivity index (χ3v) is 3.69. The van der Waals surface area contributed by atoms with Crippen molar-refractivity contribution in [1.82, 2.24) is 10.6 Å². The second-order valence-electron chi connectivity index (χ2n) is 5.11.